The molecule has 1 aromatic carbocycles. The monoisotopic (exact) mass is 366 g/mol. The Bertz CT molecular complexity index is 721. The van der Waals surface area contributed by atoms with Crippen molar-refractivity contribution < 1.29 is 0 Å². The van der Waals surface area contributed by atoms with Gasteiger partial charge < -0.3 is 9.80 Å². The van der Waals surface area contributed by atoms with Crippen molar-refractivity contribution in [3.63, 3.8) is 0 Å². The summed E-state index contributed by atoms with van der Waals surface area (Å²) < 4.78 is 0. The summed E-state index contributed by atoms with van der Waals surface area (Å²) in [7, 11) is 2.24. The molecule has 0 aromatic heterocycles. The minimum Gasteiger partial charge on any atom is -0.358 e. The highest BCUT2D eigenvalue weighted by atomic mass is 15.4. The van der Waals surface area contributed by atoms with Crippen LogP contribution in [0.25, 0.3) is 0 Å². The first-order valence-electron chi connectivity index (χ1n) is 10.8. The minimum atomic E-state index is 0.0933. The smallest absolute Gasteiger partial charge is 0.111 e. The van der Waals surface area contributed by atoms with E-state index in [0.29, 0.717) is 12.1 Å². The Morgan fingerprint density at radius 2 is 1.96 bits per heavy atom. The third-order valence-corrected chi connectivity index (χ3v) is 7.83. The quantitative estimate of drug-likeness (QED) is 0.510. The summed E-state index contributed by atoms with van der Waals surface area (Å²) in [5.74, 6) is 0.538. The van der Waals surface area contributed by atoms with Gasteiger partial charge in [-0.3, -0.25) is 0 Å². The maximum Gasteiger partial charge on any atom is 0.111 e. The van der Waals surface area contributed by atoms with Crippen molar-refractivity contribution in [3.05, 3.63) is 54.4 Å². The SMILES string of the molecule is C=CCC(C)C1(C)c2ccc(CCCC)cc2N2C=CN(C)C2C1(C)CC. The number of nitrogens with zero attached hydrogens (tertiary/aromatic N) is 2. The van der Waals surface area contributed by atoms with Crippen molar-refractivity contribution in [2.45, 2.75) is 78.3 Å². The van der Waals surface area contributed by atoms with Crippen LogP contribution in [0.3, 0.4) is 0 Å². The predicted molar refractivity (Wildman–Crippen MR) is 118 cm³/mol. The number of rotatable bonds is 7. The Balaban J connectivity index is 2.21. The molecule has 0 saturated carbocycles. The second-order valence-corrected chi connectivity index (χ2v) is 9.10. The largest absolute Gasteiger partial charge is 0.358 e. The highest BCUT2D eigenvalue weighted by Crippen LogP contribution is 2.60. The van der Waals surface area contributed by atoms with Crippen LogP contribution in [0.4, 0.5) is 5.69 Å². The number of aryl methyl sites for hydroxylation is 1. The van der Waals surface area contributed by atoms with Crippen LogP contribution in [0.15, 0.2) is 43.3 Å². The van der Waals surface area contributed by atoms with Crippen molar-refractivity contribution in [3.8, 4) is 0 Å². The van der Waals surface area contributed by atoms with E-state index >= 15 is 0 Å². The average molecular weight is 367 g/mol. The summed E-state index contributed by atoms with van der Waals surface area (Å²) in [6, 6.07) is 7.29. The van der Waals surface area contributed by atoms with Crippen LogP contribution in [0.5, 0.6) is 0 Å². The van der Waals surface area contributed by atoms with Gasteiger partial charge in [0.05, 0.1) is 0 Å². The molecule has 0 saturated heterocycles. The Kier molecular flexibility index (Phi) is 5.47. The van der Waals surface area contributed by atoms with Gasteiger partial charge in [0.1, 0.15) is 6.17 Å². The fourth-order valence-corrected chi connectivity index (χ4v) is 5.71. The molecule has 0 aliphatic carbocycles. The van der Waals surface area contributed by atoms with E-state index in [9.17, 15) is 0 Å². The summed E-state index contributed by atoms with van der Waals surface area (Å²) in [6.07, 6.45) is 12.9. The van der Waals surface area contributed by atoms with E-state index in [1.54, 1.807) is 0 Å². The lowest BCUT2D eigenvalue weighted by molar-refractivity contribution is 0.00998. The zero-order valence-corrected chi connectivity index (χ0v) is 18.3. The van der Waals surface area contributed by atoms with E-state index in [1.165, 1.54) is 36.1 Å². The maximum atomic E-state index is 4.05. The van der Waals surface area contributed by atoms with Crippen LogP contribution in [-0.4, -0.2) is 18.1 Å². The molecule has 2 heteroatoms. The number of unbranched alkanes of at least 4 members (excludes halogenated alkanes) is 1. The van der Waals surface area contributed by atoms with Crippen LogP contribution in [-0.2, 0) is 11.8 Å². The first-order chi connectivity index (χ1) is 12.8. The molecule has 4 unspecified atom stereocenters. The molecule has 0 N–H and O–H groups in total. The van der Waals surface area contributed by atoms with Gasteiger partial charge in [0.15, 0.2) is 0 Å². The van der Waals surface area contributed by atoms with E-state index < -0.39 is 0 Å². The second-order valence-electron chi connectivity index (χ2n) is 9.10. The minimum absolute atomic E-state index is 0.0933. The normalized spacial score (nSPS) is 30.2. The van der Waals surface area contributed by atoms with Gasteiger partial charge in [0, 0.05) is 36.0 Å². The second kappa shape index (κ2) is 7.37. The van der Waals surface area contributed by atoms with Gasteiger partial charge in [0.2, 0.25) is 0 Å². The summed E-state index contributed by atoms with van der Waals surface area (Å²) in [5.41, 5.74) is 4.63. The van der Waals surface area contributed by atoms with Crippen molar-refractivity contribution >= 4 is 5.69 Å². The fourth-order valence-electron chi connectivity index (χ4n) is 5.71. The molecule has 2 heterocycles. The molecule has 0 spiro atoms. The summed E-state index contributed by atoms with van der Waals surface area (Å²) >= 11 is 0. The Hall–Kier alpha value is -1.70. The Morgan fingerprint density at radius 3 is 2.59 bits per heavy atom. The zero-order chi connectivity index (χ0) is 19.8. The van der Waals surface area contributed by atoms with Crippen molar-refractivity contribution in [1.29, 1.82) is 0 Å². The molecule has 2 aliphatic rings. The number of anilines is 1. The molecule has 2 aliphatic heterocycles. The van der Waals surface area contributed by atoms with Crippen LogP contribution in [0.2, 0.25) is 0 Å². The standard InChI is InChI=1S/C25H38N2/c1-8-11-13-20-14-15-21-22(18-20)27-17-16-26(7)23(27)24(5,10-3)25(21,6)19(4)12-9-2/h9,14-19,23H,2,8,10-13H2,1,3-7H3. The maximum absolute atomic E-state index is 4.05. The molecule has 0 radical (unpaired) electrons. The lowest BCUT2D eigenvalue weighted by Crippen LogP contribution is -2.63. The summed E-state index contributed by atoms with van der Waals surface area (Å²) in [6.45, 7) is 16.1. The number of fused-ring (bicyclic) bond motifs is 3. The van der Waals surface area contributed by atoms with Crippen LogP contribution in [0.1, 0.15) is 71.4 Å². The Labute approximate surface area is 166 Å². The third kappa shape index (κ3) is 2.83. The number of allylic oxidation sites excluding steroid dienone is 1. The van der Waals surface area contributed by atoms with Crippen LogP contribution >= 0.6 is 0 Å². The first-order valence-corrected chi connectivity index (χ1v) is 10.8. The van der Waals surface area contributed by atoms with E-state index in [4.69, 9.17) is 0 Å². The van der Waals surface area contributed by atoms with Gasteiger partial charge in [-0.2, -0.15) is 0 Å². The van der Waals surface area contributed by atoms with Gasteiger partial charge in [-0.1, -0.05) is 59.2 Å². The zero-order valence-electron chi connectivity index (χ0n) is 18.3. The lowest BCUT2D eigenvalue weighted by Gasteiger charge is -2.61. The molecule has 0 amide bonds. The van der Waals surface area contributed by atoms with Gasteiger partial charge >= 0.3 is 0 Å². The molecule has 1 aromatic rings. The van der Waals surface area contributed by atoms with E-state index in [1.807, 2.05) is 0 Å². The van der Waals surface area contributed by atoms with E-state index in [0.717, 1.165) is 12.8 Å². The van der Waals surface area contributed by atoms with Gasteiger partial charge in [0.25, 0.3) is 0 Å². The number of benzene rings is 1. The van der Waals surface area contributed by atoms with E-state index in [-0.39, 0.29) is 10.8 Å². The van der Waals surface area contributed by atoms with Crippen molar-refractivity contribution in [2.24, 2.45) is 11.3 Å². The van der Waals surface area contributed by atoms with Crippen LogP contribution in [0, 0.1) is 11.3 Å². The lowest BCUT2D eigenvalue weighted by atomic mass is 9.51. The molecule has 3 rings (SSSR count). The fraction of sp³-hybridized carbons (Fsp3) is 0.600. The summed E-state index contributed by atoms with van der Waals surface area (Å²) in [5, 5.41) is 0. The van der Waals surface area contributed by atoms with E-state index in [2.05, 4.69) is 94.7 Å². The average Bonchev–Trinajstić information content (AvgIpc) is 3.06. The van der Waals surface area contributed by atoms with Gasteiger partial charge in [-0.15, -0.1) is 6.58 Å². The molecule has 148 valence electrons. The molecular weight excluding hydrogens is 328 g/mol. The van der Waals surface area contributed by atoms with Crippen molar-refractivity contribution in [2.75, 3.05) is 11.9 Å². The third-order valence-electron chi connectivity index (χ3n) is 7.83. The molecule has 0 fully saturated rings. The molecule has 2 nitrogen and oxygen atoms in total. The highest BCUT2D eigenvalue weighted by molar-refractivity contribution is 5.66. The van der Waals surface area contributed by atoms with Gasteiger partial charge in [-0.25, -0.2) is 0 Å². The topological polar surface area (TPSA) is 6.48 Å². The summed E-state index contributed by atoms with van der Waals surface area (Å²) in [4.78, 5) is 4.96. The van der Waals surface area contributed by atoms with Gasteiger partial charge in [-0.05, 0) is 48.8 Å². The molecule has 27 heavy (non-hydrogen) atoms. The van der Waals surface area contributed by atoms with Crippen LogP contribution < -0.4 is 4.90 Å². The van der Waals surface area contributed by atoms with Crippen molar-refractivity contribution in [1.82, 2.24) is 4.90 Å². The molecule has 4 atom stereocenters. The highest BCUT2D eigenvalue weighted by Gasteiger charge is 2.59. The number of hydrogen-bond donors (Lipinski definition) is 0. The molecular formula is C25H38N2. The first kappa shape index (κ1) is 20.0. The molecule has 0 bridgehead atoms. The Morgan fingerprint density at radius 1 is 1.22 bits per heavy atom. The predicted octanol–water partition coefficient (Wildman–Crippen LogP) is 6.48. The number of hydrogen-bond acceptors (Lipinski definition) is 2.